The molecule has 3 rings (SSSR count). The van der Waals surface area contributed by atoms with Crippen LogP contribution >= 0.6 is 0 Å². The number of likely N-dealkylation sites (tertiary alicyclic amines) is 1. The number of carbonyl (C=O) groups excluding carboxylic acids is 1. The molecular formula is C17H24N2O2. The third-order valence-corrected chi connectivity index (χ3v) is 4.29. The Morgan fingerprint density at radius 2 is 2.10 bits per heavy atom. The summed E-state index contributed by atoms with van der Waals surface area (Å²) in [4.78, 5) is 14.8. The second-order valence-electron chi connectivity index (χ2n) is 6.55. The summed E-state index contributed by atoms with van der Waals surface area (Å²) in [7, 11) is 0. The zero-order valence-corrected chi connectivity index (χ0v) is 12.9. The molecule has 4 heteroatoms. The Bertz CT molecular complexity index is 520. The van der Waals surface area contributed by atoms with Gasteiger partial charge in [-0.25, -0.2) is 0 Å². The third kappa shape index (κ3) is 3.38. The molecule has 0 aliphatic carbocycles. The first-order chi connectivity index (χ1) is 10.1. The van der Waals surface area contributed by atoms with Crippen LogP contribution in [0.3, 0.4) is 0 Å². The number of piperidine rings is 1. The molecule has 1 fully saturated rings. The van der Waals surface area contributed by atoms with Crippen molar-refractivity contribution in [2.75, 3.05) is 38.1 Å². The molecule has 4 nitrogen and oxygen atoms in total. The molecular weight excluding hydrogens is 264 g/mol. The molecule has 0 bridgehead atoms. The van der Waals surface area contributed by atoms with Gasteiger partial charge in [0.2, 0.25) is 0 Å². The molecule has 1 N–H and O–H groups in total. The van der Waals surface area contributed by atoms with Gasteiger partial charge in [-0.15, -0.1) is 0 Å². The van der Waals surface area contributed by atoms with Gasteiger partial charge < -0.3 is 10.1 Å². The van der Waals surface area contributed by atoms with E-state index in [0.717, 1.165) is 36.6 Å². The number of Topliss-reactive ketones (excluding diaryl/α,β-unsaturated/α-hetero) is 1. The molecule has 1 aromatic rings. The first-order valence-electron chi connectivity index (χ1n) is 7.88. The van der Waals surface area contributed by atoms with Gasteiger partial charge in [0.15, 0.2) is 5.78 Å². The monoisotopic (exact) mass is 288 g/mol. The van der Waals surface area contributed by atoms with Gasteiger partial charge in [-0.3, -0.25) is 9.69 Å². The van der Waals surface area contributed by atoms with Gasteiger partial charge in [-0.2, -0.15) is 0 Å². The summed E-state index contributed by atoms with van der Waals surface area (Å²) in [5.41, 5.74) is 1.71. The second-order valence-corrected chi connectivity index (χ2v) is 6.55. The molecule has 2 unspecified atom stereocenters. The highest BCUT2D eigenvalue weighted by Gasteiger charge is 2.24. The number of rotatable bonds is 3. The summed E-state index contributed by atoms with van der Waals surface area (Å²) in [5.74, 6) is 2.41. The molecule has 0 spiro atoms. The summed E-state index contributed by atoms with van der Waals surface area (Å²) < 4.78 is 5.55. The maximum atomic E-state index is 12.5. The maximum absolute atomic E-state index is 12.5. The number of hydrogen-bond donors (Lipinski definition) is 1. The van der Waals surface area contributed by atoms with Crippen molar-refractivity contribution >= 4 is 11.5 Å². The van der Waals surface area contributed by atoms with Crippen molar-refractivity contribution in [3.63, 3.8) is 0 Å². The number of carbonyl (C=O) groups is 1. The number of fused-ring (bicyclic) bond motifs is 1. The van der Waals surface area contributed by atoms with Crippen LogP contribution in [0.15, 0.2) is 18.2 Å². The lowest BCUT2D eigenvalue weighted by molar-refractivity contribution is 0.0849. The SMILES string of the molecule is CC1CC(C)CN(CC(=O)c2ccc3c(c2)NCCO3)C1. The first kappa shape index (κ1) is 14.4. The first-order valence-corrected chi connectivity index (χ1v) is 7.88. The smallest absolute Gasteiger partial charge is 0.176 e. The minimum atomic E-state index is 0.200. The summed E-state index contributed by atoms with van der Waals surface area (Å²) >= 11 is 0. The van der Waals surface area contributed by atoms with Crippen LogP contribution in [0.1, 0.15) is 30.6 Å². The number of ketones is 1. The predicted octanol–water partition coefficient (Wildman–Crippen LogP) is 2.65. The van der Waals surface area contributed by atoms with Gasteiger partial charge in [0, 0.05) is 25.2 Å². The van der Waals surface area contributed by atoms with Crippen LogP contribution in [0.2, 0.25) is 0 Å². The van der Waals surface area contributed by atoms with Crippen LogP contribution in [0, 0.1) is 11.8 Å². The zero-order chi connectivity index (χ0) is 14.8. The van der Waals surface area contributed by atoms with Gasteiger partial charge in [-0.1, -0.05) is 13.8 Å². The molecule has 2 atom stereocenters. The van der Waals surface area contributed by atoms with Crippen molar-refractivity contribution in [1.29, 1.82) is 0 Å². The van der Waals surface area contributed by atoms with E-state index < -0.39 is 0 Å². The molecule has 0 amide bonds. The van der Waals surface area contributed by atoms with E-state index in [4.69, 9.17) is 4.74 Å². The lowest BCUT2D eigenvalue weighted by Gasteiger charge is -2.34. The fourth-order valence-corrected chi connectivity index (χ4v) is 3.53. The standard InChI is InChI=1S/C17H24N2O2/c1-12-7-13(2)10-19(9-12)11-16(20)14-3-4-17-15(8-14)18-5-6-21-17/h3-4,8,12-13,18H,5-7,9-11H2,1-2H3. The van der Waals surface area contributed by atoms with E-state index in [1.807, 2.05) is 18.2 Å². The molecule has 0 aromatic heterocycles. The fraction of sp³-hybridized carbons (Fsp3) is 0.588. The summed E-state index contributed by atoms with van der Waals surface area (Å²) in [6, 6.07) is 5.70. The van der Waals surface area contributed by atoms with Gasteiger partial charge >= 0.3 is 0 Å². The van der Waals surface area contributed by atoms with Gasteiger partial charge in [0.05, 0.1) is 12.2 Å². The molecule has 2 aliphatic rings. The van der Waals surface area contributed by atoms with Gasteiger partial charge in [0.1, 0.15) is 12.4 Å². The van der Waals surface area contributed by atoms with Gasteiger partial charge in [0.25, 0.3) is 0 Å². The average molecular weight is 288 g/mol. The molecule has 0 radical (unpaired) electrons. The molecule has 2 heterocycles. The summed E-state index contributed by atoms with van der Waals surface area (Å²) in [5, 5.41) is 3.28. The van der Waals surface area contributed by atoms with Crippen molar-refractivity contribution < 1.29 is 9.53 Å². The molecule has 0 saturated carbocycles. The van der Waals surface area contributed by atoms with Crippen LogP contribution in [0.4, 0.5) is 5.69 Å². The van der Waals surface area contributed by atoms with Crippen LogP contribution in [-0.2, 0) is 0 Å². The Labute approximate surface area is 126 Å². The van der Waals surface area contributed by atoms with Crippen molar-refractivity contribution in [2.45, 2.75) is 20.3 Å². The van der Waals surface area contributed by atoms with Crippen LogP contribution < -0.4 is 10.1 Å². The minimum absolute atomic E-state index is 0.200. The van der Waals surface area contributed by atoms with E-state index in [-0.39, 0.29) is 5.78 Å². The van der Waals surface area contributed by atoms with Crippen molar-refractivity contribution in [2.24, 2.45) is 11.8 Å². The zero-order valence-electron chi connectivity index (χ0n) is 12.9. The quantitative estimate of drug-likeness (QED) is 0.868. The van der Waals surface area contributed by atoms with Crippen LogP contribution in [0.5, 0.6) is 5.75 Å². The molecule has 21 heavy (non-hydrogen) atoms. The third-order valence-electron chi connectivity index (χ3n) is 4.29. The van der Waals surface area contributed by atoms with Gasteiger partial charge in [-0.05, 0) is 36.5 Å². The Morgan fingerprint density at radius 3 is 2.86 bits per heavy atom. The topological polar surface area (TPSA) is 41.6 Å². The normalized spacial score (nSPS) is 25.6. The van der Waals surface area contributed by atoms with Crippen molar-refractivity contribution in [3.8, 4) is 5.75 Å². The lowest BCUT2D eigenvalue weighted by Crippen LogP contribution is -2.41. The molecule has 1 aromatic carbocycles. The number of nitrogens with zero attached hydrogens (tertiary/aromatic N) is 1. The molecule has 114 valence electrons. The van der Waals surface area contributed by atoms with Crippen LogP contribution in [0.25, 0.3) is 0 Å². The van der Waals surface area contributed by atoms with Crippen LogP contribution in [-0.4, -0.2) is 43.5 Å². The van der Waals surface area contributed by atoms with E-state index in [9.17, 15) is 4.79 Å². The number of benzene rings is 1. The highest BCUT2D eigenvalue weighted by molar-refractivity contribution is 5.98. The predicted molar refractivity (Wildman–Crippen MR) is 84.1 cm³/mol. The van der Waals surface area contributed by atoms with Crippen molar-refractivity contribution in [3.05, 3.63) is 23.8 Å². The Kier molecular flexibility index (Phi) is 4.15. The van der Waals surface area contributed by atoms with Crippen molar-refractivity contribution in [1.82, 2.24) is 4.90 Å². The number of ether oxygens (including phenoxy) is 1. The maximum Gasteiger partial charge on any atom is 0.176 e. The number of anilines is 1. The Balaban J connectivity index is 1.67. The Morgan fingerprint density at radius 1 is 1.33 bits per heavy atom. The Hall–Kier alpha value is -1.55. The number of nitrogens with one attached hydrogen (secondary N) is 1. The molecule has 2 aliphatic heterocycles. The number of hydrogen-bond acceptors (Lipinski definition) is 4. The molecule has 1 saturated heterocycles. The van der Waals surface area contributed by atoms with E-state index in [2.05, 4.69) is 24.1 Å². The minimum Gasteiger partial charge on any atom is -0.490 e. The summed E-state index contributed by atoms with van der Waals surface area (Å²) in [6.07, 6.45) is 1.27. The fourth-order valence-electron chi connectivity index (χ4n) is 3.53. The van der Waals surface area contributed by atoms with E-state index in [1.54, 1.807) is 0 Å². The average Bonchev–Trinajstić information content (AvgIpc) is 2.45. The van der Waals surface area contributed by atoms with E-state index in [1.165, 1.54) is 6.42 Å². The highest BCUT2D eigenvalue weighted by Crippen LogP contribution is 2.28. The van der Waals surface area contributed by atoms with E-state index in [0.29, 0.717) is 25.0 Å². The highest BCUT2D eigenvalue weighted by atomic mass is 16.5. The summed E-state index contributed by atoms with van der Waals surface area (Å²) in [6.45, 7) is 8.61. The largest absolute Gasteiger partial charge is 0.490 e. The van der Waals surface area contributed by atoms with E-state index >= 15 is 0 Å². The second kappa shape index (κ2) is 6.06. The lowest BCUT2D eigenvalue weighted by atomic mass is 9.91.